The van der Waals surface area contributed by atoms with Gasteiger partial charge in [0, 0.05) is 43.6 Å². The van der Waals surface area contributed by atoms with Crippen LogP contribution in [-0.2, 0) is 0 Å². The Morgan fingerprint density at radius 1 is 1.23 bits per heavy atom. The zero-order valence-electron chi connectivity index (χ0n) is 20.2. The quantitative estimate of drug-likeness (QED) is 0.527. The molecule has 0 saturated carbocycles. The fraction of sp³-hybridized carbons (Fsp3) is 0.320. The molecule has 10 heteroatoms. The van der Waals surface area contributed by atoms with E-state index in [1.165, 1.54) is 25.4 Å². The first-order valence-electron chi connectivity index (χ1n) is 11.3. The molecule has 0 aliphatic carbocycles. The van der Waals surface area contributed by atoms with Crippen LogP contribution >= 0.6 is 0 Å². The van der Waals surface area contributed by atoms with E-state index >= 15 is 0 Å². The van der Waals surface area contributed by atoms with E-state index in [1.807, 2.05) is 11.8 Å². The van der Waals surface area contributed by atoms with Crippen LogP contribution in [0.2, 0.25) is 0 Å². The fourth-order valence-electron chi connectivity index (χ4n) is 4.07. The van der Waals surface area contributed by atoms with Gasteiger partial charge in [0.1, 0.15) is 17.4 Å². The molecule has 0 spiro atoms. The van der Waals surface area contributed by atoms with Gasteiger partial charge in [0.05, 0.1) is 18.5 Å². The average molecular weight is 481 g/mol. The number of anilines is 5. The second-order valence-electron chi connectivity index (χ2n) is 8.60. The third kappa shape index (κ3) is 5.27. The lowest BCUT2D eigenvalue weighted by molar-refractivity contribution is 0.204. The number of hydrogen-bond acceptors (Lipinski definition) is 7. The number of ether oxygens (including phenoxy) is 1. The van der Waals surface area contributed by atoms with Crippen molar-refractivity contribution in [3.05, 3.63) is 60.0 Å². The number of carbonyl (C=O) groups is 1. The number of carboxylic acid groups (broad SMARTS) is 1. The van der Waals surface area contributed by atoms with Gasteiger partial charge in [-0.2, -0.15) is 4.98 Å². The van der Waals surface area contributed by atoms with Crippen molar-refractivity contribution >= 4 is 34.9 Å². The largest absolute Gasteiger partial charge is 0.495 e. The van der Waals surface area contributed by atoms with E-state index in [9.17, 15) is 14.3 Å². The van der Waals surface area contributed by atoms with Crippen LogP contribution < -0.4 is 19.9 Å². The second kappa shape index (κ2) is 10.1. The molecule has 1 aromatic heterocycles. The number of rotatable bonds is 6. The first kappa shape index (κ1) is 24.2. The van der Waals surface area contributed by atoms with Crippen LogP contribution in [-0.4, -0.2) is 65.9 Å². The standard InChI is InChI=1S/C25H29FN6O3/c1-16-5-7-21(22(13-16)35-4)32(25(33)34)23-9-10-27-24(29-23)28-18-6-8-20(19(26)14-18)31-12-11-30(3)17(2)15-31/h5-10,13-14,17H,11-12,15H2,1-4H3,(H,33,34)(H,27,28,29). The highest BCUT2D eigenvalue weighted by molar-refractivity contribution is 5.95. The SMILES string of the molecule is COc1cc(C)ccc1N(C(=O)O)c1ccnc(Nc2ccc(N3CCN(C)C(C)C3)c(F)c2)n1. The van der Waals surface area contributed by atoms with Crippen molar-refractivity contribution in [2.45, 2.75) is 19.9 Å². The minimum absolute atomic E-state index is 0.126. The van der Waals surface area contributed by atoms with Crippen LogP contribution in [0.1, 0.15) is 12.5 Å². The number of aryl methyl sites for hydroxylation is 1. The summed E-state index contributed by atoms with van der Waals surface area (Å²) < 4.78 is 20.4. The van der Waals surface area contributed by atoms with Crippen molar-refractivity contribution in [2.75, 3.05) is 48.9 Å². The number of nitrogens with one attached hydrogen (secondary N) is 1. The minimum Gasteiger partial charge on any atom is -0.495 e. The van der Waals surface area contributed by atoms with Crippen molar-refractivity contribution < 1.29 is 19.0 Å². The molecule has 184 valence electrons. The summed E-state index contributed by atoms with van der Waals surface area (Å²) in [6.07, 6.45) is 0.214. The van der Waals surface area contributed by atoms with Gasteiger partial charge in [-0.05, 0) is 56.8 Å². The molecular weight excluding hydrogens is 451 g/mol. The van der Waals surface area contributed by atoms with Gasteiger partial charge in [-0.3, -0.25) is 0 Å². The first-order chi connectivity index (χ1) is 16.8. The highest BCUT2D eigenvalue weighted by Gasteiger charge is 2.24. The van der Waals surface area contributed by atoms with E-state index < -0.39 is 6.09 Å². The normalized spacial score (nSPS) is 16.1. The smallest absolute Gasteiger partial charge is 0.417 e. The maximum Gasteiger partial charge on any atom is 0.417 e. The molecule has 2 aromatic carbocycles. The Labute approximate surface area is 203 Å². The van der Waals surface area contributed by atoms with Crippen LogP contribution in [0.25, 0.3) is 0 Å². The first-order valence-corrected chi connectivity index (χ1v) is 11.3. The van der Waals surface area contributed by atoms with E-state index in [4.69, 9.17) is 4.74 Å². The number of amides is 1. The molecule has 2 N–H and O–H groups in total. The number of hydrogen-bond donors (Lipinski definition) is 2. The number of piperazine rings is 1. The predicted octanol–water partition coefficient (Wildman–Crippen LogP) is 4.63. The molecule has 35 heavy (non-hydrogen) atoms. The number of nitrogens with zero attached hydrogens (tertiary/aromatic N) is 5. The molecule has 1 aliphatic heterocycles. The van der Waals surface area contributed by atoms with Gasteiger partial charge < -0.3 is 25.0 Å². The summed E-state index contributed by atoms with van der Waals surface area (Å²) in [4.78, 5) is 26.0. The molecule has 1 saturated heterocycles. The zero-order chi connectivity index (χ0) is 25.1. The summed E-state index contributed by atoms with van der Waals surface area (Å²) in [7, 11) is 3.55. The highest BCUT2D eigenvalue weighted by atomic mass is 19.1. The van der Waals surface area contributed by atoms with Crippen molar-refractivity contribution in [2.24, 2.45) is 0 Å². The molecule has 1 atom stereocenters. The molecule has 1 unspecified atom stereocenters. The Morgan fingerprint density at radius 2 is 2.03 bits per heavy atom. The molecule has 1 amide bonds. The minimum atomic E-state index is -1.23. The van der Waals surface area contributed by atoms with E-state index in [1.54, 1.807) is 30.3 Å². The number of halogens is 1. The monoisotopic (exact) mass is 480 g/mol. The van der Waals surface area contributed by atoms with Gasteiger partial charge in [-0.25, -0.2) is 19.1 Å². The van der Waals surface area contributed by atoms with Crippen LogP contribution in [0, 0.1) is 12.7 Å². The molecule has 2 heterocycles. The molecule has 0 radical (unpaired) electrons. The van der Waals surface area contributed by atoms with Gasteiger partial charge in [0.25, 0.3) is 0 Å². The lowest BCUT2D eigenvalue weighted by atomic mass is 10.1. The highest BCUT2D eigenvalue weighted by Crippen LogP contribution is 2.34. The average Bonchev–Trinajstić information content (AvgIpc) is 2.82. The number of methoxy groups -OCH3 is 1. The number of likely N-dealkylation sites (N-methyl/N-ethyl adjacent to an activating group) is 1. The molecule has 1 aliphatic rings. The summed E-state index contributed by atoms with van der Waals surface area (Å²) in [5, 5.41) is 12.9. The Balaban J connectivity index is 1.57. The number of benzene rings is 2. The van der Waals surface area contributed by atoms with Gasteiger partial charge in [-0.15, -0.1) is 0 Å². The third-order valence-corrected chi connectivity index (χ3v) is 6.14. The van der Waals surface area contributed by atoms with Crippen LogP contribution in [0.5, 0.6) is 5.75 Å². The number of aromatic nitrogens is 2. The van der Waals surface area contributed by atoms with Crippen LogP contribution in [0.3, 0.4) is 0 Å². The molecule has 3 aromatic rings. The van der Waals surface area contributed by atoms with E-state index in [0.29, 0.717) is 28.9 Å². The summed E-state index contributed by atoms with van der Waals surface area (Å²) in [5.74, 6) is 0.316. The fourth-order valence-corrected chi connectivity index (χ4v) is 4.07. The second-order valence-corrected chi connectivity index (χ2v) is 8.60. The van der Waals surface area contributed by atoms with E-state index in [2.05, 4.69) is 34.2 Å². The lowest BCUT2D eigenvalue weighted by Gasteiger charge is -2.39. The maximum absolute atomic E-state index is 15.0. The Hall–Kier alpha value is -3.92. The Kier molecular flexibility index (Phi) is 7.02. The molecule has 0 bridgehead atoms. The maximum atomic E-state index is 15.0. The van der Waals surface area contributed by atoms with Crippen molar-refractivity contribution in [1.29, 1.82) is 0 Å². The van der Waals surface area contributed by atoms with Crippen molar-refractivity contribution in [3.63, 3.8) is 0 Å². The van der Waals surface area contributed by atoms with Crippen molar-refractivity contribution in [1.82, 2.24) is 14.9 Å². The topological polar surface area (TPSA) is 94.1 Å². The van der Waals surface area contributed by atoms with Crippen LogP contribution in [0.4, 0.5) is 38.0 Å². The summed E-state index contributed by atoms with van der Waals surface area (Å²) >= 11 is 0. The third-order valence-electron chi connectivity index (χ3n) is 6.14. The summed E-state index contributed by atoms with van der Waals surface area (Å²) in [6.45, 7) is 6.38. The molecule has 4 rings (SSSR count). The molecule has 9 nitrogen and oxygen atoms in total. The van der Waals surface area contributed by atoms with Crippen molar-refractivity contribution in [3.8, 4) is 5.75 Å². The van der Waals surface area contributed by atoms with E-state index in [0.717, 1.165) is 30.1 Å². The lowest BCUT2D eigenvalue weighted by Crippen LogP contribution is -2.50. The summed E-state index contributed by atoms with van der Waals surface area (Å²) in [5.41, 5.74) is 2.26. The van der Waals surface area contributed by atoms with Crippen LogP contribution in [0.15, 0.2) is 48.7 Å². The van der Waals surface area contributed by atoms with Gasteiger partial charge in [-0.1, -0.05) is 6.07 Å². The van der Waals surface area contributed by atoms with Gasteiger partial charge in [0.15, 0.2) is 0 Å². The Morgan fingerprint density at radius 3 is 2.71 bits per heavy atom. The zero-order valence-corrected chi connectivity index (χ0v) is 20.2. The predicted molar refractivity (Wildman–Crippen MR) is 134 cm³/mol. The molecular formula is C25H29FN6O3. The van der Waals surface area contributed by atoms with E-state index in [-0.39, 0.29) is 17.6 Å². The van der Waals surface area contributed by atoms with Gasteiger partial charge >= 0.3 is 6.09 Å². The van der Waals surface area contributed by atoms with Gasteiger partial charge in [0.2, 0.25) is 5.95 Å². The summed E-state index contributed by atoms with van der Waals surface area (Å²) in [6, 6.07) is 11.9. The molecule has 1 fully saturated rings. The Bertz CT molecular complexity index is 1220.